The van der Waals surface area contributed by atoms with Gasteiger partial charge in [-0.05, 0) is 18.6 Å². The lowest BCUT2D eigenvalue weighted by Gasteiger charge is -2.14. The van der Waals surface area contributed by atoms with E-state index in [1.165, 1.54) is 0 Å². The zero-order valence-electron chi connectivity index (χ0n) is 10.5. The summed E-state index contributed by atoms with van der Waals surface area (Å²) in [5.41, 5.74) is 5.20. The SMILES string of the molecule is O=C(CN1CC[C@@H](O)C1)NNC(=O)c1ccccc1. The van der Waals surface area contributed by atoms with E-state index >= 15 is 0 Å². The van der Waals surface area contributed by atoms with Gasteiger partial charge in [-0.2, -0.15) is 0 Å². The van der Waals surface area contributed by atoms with E-state index in [-0.39, 0.29) is 24.5 Å². The van der Waals surface area contributed by atoms with Crippen molar-refractivity contribution in [3.8, 4) is 0 Å². The normalized spacial score (nSPS) is 19.1. The maximum absolute atomic E-state index is 11.7. The van der Waals surface area contributed by atoms with Crippen LogP contribution in [0.15, 0.2) is 30.3 Å². The third-order valence-corrected chi connectivity index (χ3v) is 2.97. The minimum atomic E-state index is -0.355. The van der Waals surface area contributed by atoms with E-state index in [4.69, 9.17) is 0 Å². The molecule has 0 unspecified atom stereocenters. The fraction of sp³-hybridized carbons (Fsp3) is 0.385. The van der Waals surface area contributed by atoms with Gasteiger partial charge in [0.1, 0.15) is 0 Å². The van der Waals surface area contributed by atoms with Crippen LogP contribution in [0, 0.1) is 0 Å². The molecule has 0 saturated carbocycles. The van der Waals surface area contributed by atoms with E-state index in [1.54, 1.807) is 24.3 Å². The second kappa shape index (κ2) is 6.31. The van der Waals surface area contributed by atoms with Crippen molar-refractivity contribution >= 4 is 11.8 Å². The number of amides is 2. The Morgan fingerprint density at radius 3 is 2.63 bits per heavy atom. The molecule has 6 heteroatoms. The number of carbonyl (C=O) groups excluding carboxylic acids is 2. The van der Waals surface area contributed by atoms with Crippen LogP contribution in [0.25, 0.3) is 0 Å². The highest BCUT2D eigenvalue weighted by molar-refractivity contribution is 5.95. The molecule has 1 aliphatic heterocycles. The van der Waals surface area contributed by atoms with Gasteiger partial charge in [0.25, 0.3) is 11.8 Å². The zero-order chi connectivity index (χ0) is 13.7. The number of β-amino-alcohol motifs (C(OH)–C–C–N with tert-alkyl or cyclic N) is 1. The molecule has 0 aromatic heterocycles. The Bertz CT molecular complexity index is 450. The summed E-state index contributed by atoms with van der Waals surface area (Å²) in [5, 5.41) is 9.34. The smallest absolute Gasteiger partial charge is 0.269 e. The number of likely N-dealkylation sites (tertiary alicyclic amines) is 1. The number of hydrazine groups is 1. The van der Waals surface area contributed by atoms with Gasteiger partial charge < -0.3 is 5.11 Å². The van der Waals surface area contributed by atoms with E-state index in [1.807, 2.05) is 11.0 Å². The standard InChI is InChI=1S/C13H17N3O3/c17-11-6-7-16(8-11)9-12(18)14-15-13(19)10-4-2-1-3-5-10/h1-5,11,17H,6-9H2,(H,14,18)(H,15,19)/t11-/m1/s1. The third kappa shape index (κ3) is 4.04. The molecule has 102 valence electrons. The minimum Gasteiger partial charge on any atom is -0.392 e. The maximum atomic E-state index is 11.7. The molecular weight excluding hydrogens is 246 g/mol. The third-order valence-electron chi connectivity index (χ3n) is 2.97. The number of rotatable bonds is 3. The largest absolute Gasteiger partial charge is 0.392 e. The monoisotopic (exact) mass is 263 g/mol. The Balaban J connectivity index is 1.73. The number of carbonyl (C=O) groups is 2. The maximum Gasteiger partial charge on any atom is 0.269 e. The molecule has 1 saturated heterocycles. The van der Waals surface area contributed by atoms with Gasteiger partial charge in [-0.1, -0.05) is 18.2 Å². The van der Waals surface area contributed by atoms with E-state index in [0.717, 1.165) is 0 Å². The van der Waals surface area contributed by atoms with Gasteiger partial charge in [0.05, 0.1) is 12.6 Å². The summed E-state index contributed by atoms with van der Waals surface area (Å²) in [6.45, 7) is 1.37. The van der Waals surface area contributed by atoms with Crippen LogP contribution in [-0.2, 0) is 4.79 Å². The van der Waals surface area contributed by atoms with Gasteiger partial charge in [-0.3, -0.25) is 25.3 Å². The van der Waals surface area contributed by atoms with E-state index in [0.29, 0.717) is 25.1 Å². The first-order chi connectivity index (χ1) is 9.15. The fourth-order valence-corrected chi connectivity index (χ4v) is 1.99. The first-order valence-electron chi connectivity index (χ1n) is 6.20. The molecule has 0 spiro atoms. The van der Waals surface area contributed by atoms with Crippen molar-refractivity contribution in [3.05, 3.63) is 35.9 Å². The van der Waals surface area contributed by atoms with E-state index in [9.17, 15) is 14.7 Å². The van der Waals surface area contributed by atoms with Crippen molar-refractivity contribution in [2.45, 2.75) is 12.5 Å². The van der Waals surface area contributed by atoms with E-state index < -0.39 is 0 Å². The topological polar surface area (TPSA) is 81.7 Å². The van der Waals surface area contributed by atoms with Crippen molar-refractivity contribution in [3.63, 3.8) is 0 Å². The fourth-order valence-electron chi connectivity index (χ4n) is 1.99. The number of benzene rings is 1. The second-order valence-electron chi connectivity index (χ2n) is 4.55. The average molecular weight is 263 g/mol. The summed E-state index contributed by atoms with van der Waals surface area (Å²) >= 11 is 0. The van der Waals surface area contributed by atoms with Crippen LogP contribution >= 0.6 is 0 Å². The number of hydrogen-bond donors (Lipinski definition) is 3. The summed E-state index contributed by atoms with van der Waals surface area (Å²) < 4.78 is 0. The van der Waals surface area contributed by atoms with Gasteiger partial charge in [0.2, 0.25) is 0 Å². The quantitative estimate of drug-likeness (QED) is 0.643. The molecule has 3 N–H and O–H groups in total. The van der Waals surface area contributed by atoms with Crippen molar-refractivity contribution < 1.29 is 14.7 Å². The molecule has 1 aliphatic rings. The predicted molar refractivity (Wildman–Crippen MR) is 69.1 cm³/mol. The zero-order valence-corrected chi connectivity index (χ0v) is 10.5. The van der Waals surface area contributed by atoms with Crippen LogP contribution in [0.5, 0.6) is 0 Å². The Kier molecular flexibility index (Phi) is 4.48. The second-order valence-corrected chi connectivity index (χ2v) is 4.55. The number of hydrogen-bond acceptors (Lipinski definition) is 4. The highest BCUT2D eigenvalue weighted by Gasteiger charge is 2.22. The number of nitrogens with one attached hydrogen (secondary N) is 2. The molecule has 1 fully saturated rings. The summed E-state index contributed by atoms with van der Waals surface area (Å²) in [6, 6.07) is 8.65. The molecule has 1 heterocycles. The van der Waals surface area contributed by atoms with Crippen LogP contribution in [0.4, 0.5) is 0 Å². The number of nitrogens with zero attached hydrogens (tertiary/aromatic N) is 1. The van der Waals surface area contributed by atoms with Gasteiger partial charge in [0.15, 0.2) is 0 Å². The molecule has 0 radical (unpaired) electrons. The molecule has 1 aromatic carbocycles. The number of aliphatic hydroxyl groups is 1. The van der Waals surface area contributed by atoms with Crippen LogP contribution in [0.1, 0.15) is 16.8 Å². The first kappa shape index (κ1) is 13.5. The first-order valence-corrected chi connectivity index (χ1v) is 6.20. The van der Waals surface area contributed by atoms with Gasteiger partial charge >= 0.3 is 0 Å². The van der Waals surface area contributed by atoms with Gasteiger partial charge in [-0.15, -0.1) is 0 Å². The highest BCUT2D eigenvalue weighted by Crippen LogP contribution is 2.07. The Morgan fingerprint density at radius 1 is 1.26 bits per heavy atom. The average Bonchev–Trinajstić information content (AvgIpc) is 2.82. The Morgan fingerprint density at radius 2 is 2.00 bits per heavy atom. The predicted octanol–water partition coefficient (Wildman–Crippen LogP) is -0.486. The van der Waals surface area contributed by atoms with Crippen molar-refractivity contribution in [2.75, 3.05) is 19.6 Å². The van der Waals surface area contributed by atoms with E-state index in [2.05, 4.69) is 10.9 Å². The lowest BCUT2D eigenvalue weighted by atomic mass is 10.2. The Labute approximate surface area is 111 Å². The van der Waals surface area contributed by atoms with Crippen LogP contribution in [-0.4, -0.2) is 47.6 Å². The minimum absolute atomic E-state index is 0.173. The summed E-state index contributed by atoms with van der Waals surface area (Å²) in [6.07, 6.45) is 0.329. The lowest BCUT2D eigenvalue weighted by Crippen LogP contribution is -2.46. The molecule has 1 aromatic rings. The van der Waals surface area contributed by atoms with Crippen molar-refractivity contribution in [1.29, 1.82) is 0 Å². The summed E-state index contributed by atoms with van der Waals surface area (Å²) in [7, 11) is 0. The molecule has 0 bridgehead atoms. The molecule has 1 atom stereocenters. The molecule has 6 nitrogen and oxygen atoms in total. The van der Waals surface area contributed by atoms with Gasteiger partial charge in [0, 0.05) is 18.7 Å². The molecule has 2 amide bonds. The molecular formula is C13H17N3O3. The van der Waals surface area contributed by atoms with Crippen molar-refractivity contribution in [1.82, 2.24) is 15.8 Å². The van der Waals surface area contributed by atoms with Crippen LogP contribution < -0.4 is 10.9 Å². The summed E-state index contributed by atoms with van der Waals surface area (Å²) in [5.74, 6) is -0.645. The number of aliphatic hydroxyl groups excluding tert-OH is 1. The lowest BCUT2D eigenvalue weighted by molar-refractivity contribution is -0.122. The van der Waals surface area contributed by atoms with Crippen molar-refractivity contribution in [2.24, 2.45) is 0 Å². The Hall–Kier alpha value is -1.92. The summed E-state index contributed by atoms with van der Waals surface area (Å²) in [4.78, 5) is 25.1. The van der Waals surface area contributed by atoms with Gasteiger partial charge in [-0.25, -0.2) is 0 Å². The molecule has 0 aliphatic carbocycles. The highest BCUT2D eigenvalue weighted by atomic mass is 16.3. The van der Waals surface area contributed by atoms with Crippen LogP contribution in [0.3, 0.4) is 0 Å². The van der Waals surface area contributed by atoms with Crippen LogP contribution in [0.2, 0.25) is 0 Å². The molecule has 2 rings (SSSR count). The molecule has 19 heavy (non-hydrogen) atoms.